The normalized spacial score (nSPS) is 17.6. The maximum atomic E-state index is 11.9. The Kier molecular flexibility index (Phi) is 5.44. The van der Waals surface area contributed by atoms with E-state index in [2.05, 4.69) is 5.32 Å². The van der Waals surface area contributed by atoms with Crippen LogP contribution in [-0.2, 0) is 9.59 Å². The molecule has 7 heteroatoms. The predicted octanol–water partition coefficient (Wildman–Crippen LogP) is 0.917. The van der Waals surface area contributed by atoms with Crippen LogP contribution in [0.3, 0.4) is 0 Å². The van der Waals surface area contributed by atoms with E-state index in [1.807, 2.05) is 13.8 Å². The smallest absolute Gasteiger partial charge is 0.325 e. The SMILES string of the molecule is CC(C)N(C)C(=O)CSCCN1C(=O)NC(C)(C)C1=O. The third-order valence-electron chi connectivity index (χ3n) is 3.30. The van der Waals surface area contributed by atoms with Crippen LogP contribution in [0.5, 0.6) is 0 Å². The lowest BCUT2D eigenvalue weighted by molar-refractivity contribution is -0.130. The van der Waals surface area contributed by atoms with Gasteiger partial charge in [0.05, 0.1) is 5.75 Å². The molecule has 1 N–H and O–H groups in total. The fraction of sp³-hybridized carbons (Fsp3) is 0.769. The summed E-state index contributed by atoms with van der Waals surface area (Å²) < 4.78 is 0. The molecule has 0 radical (unpaired) electrons. The van der Waals surface area contributed by atoms with Gasteiger partial charge in [-0.05, 0) is 27.7 Å². The molecule has 0 saturated carbocycles. The van der Waals surface area contributed by atoms with Crippen molar-refractivity contribution in [2.45, 2.75) is 39.3 Å². The van der Waals surface area contributed by atoms with Crippen molar-refractivity contribution < 1.29 is 14.4 Å². The Labute approximate surface area is 124 Å². The molecule has 1 aliphatic heterocycles. The van der Waals surface area contributed by atoms with Crippen LogP contribution >= 0.6 is 11.8 Å². The van der Waals surface area contributed by atoms with Gasteiger partial charge in [-0.15, -0.1) is 0 Å². The van der Waals surface area contributed by atoms with Gasteiger partial charge in [0, 0.05) is 25.4 Å². The van der Waals surface area contributed by atoms with Gasteiger partial charge in [-0.3, -0.25) is 14.5 Å². The van der Waals surface area contributed by atoms with Crippen LogP contribution in [0.4, 0.5) is 4.79 Å². The summed E-state index contributed by atoms with van der Waals surface area (Å²) in [5.41, 5.74) is -0.824. The standard InChI is InChI=1S/C13H23N3O3S/c1-9(2)15(5)10(17)8-20-7-6-16-11(18)13(3,4)14-12(16)19/h9H,6-8H2,1-5H3,(H,14,19). The predicted molar refractivity (Wildman–Crippen MR) is 79.6 cm³/mol. The molecular weight excluding hydrogens is 278 g/mol. The summed E-state index contributed by atoms with van der Waals surface area (Å²) in [6.07, 6.45) is 0. The summed E-state index contributed by atoms with van der Waals surface area (Å²) in [6.45, 7) is 7.61. The topological polar surface area (TPSA) is 69.7 Å². The summed E-state index contributed by atoms with van der Waals surface area (Å²) in [6, 6.07) is -0.180. The van der Waals surface area contributed by atoms with E-state index in [4.69, 9.17) is 0 Å². The summed E-state index contributed by atoms with van der Waals surface area (Å²) in [4.78, 5) is 38.2. The summed E-state index contributed by atoms with van der Waals surface area (Å²) >= 11 is 1.43. The average Bonchev–Trinajstić information content (AvgIpc) is 2.54. The van der Waals surface area contributed by atoms with Crippen LogP contribution in [0.15, 0.2) is 0 Å². The molecule has 1 aliphatic rings. The molecule has 1 fully saturated rings. The number of thioether (sulfide) groups is 1. The molecule has 4 amide bonds. The summed E-state index contributed by atoms with van der Waals surface area (Å²) in [5.74, 6) is 0.769. The van der Waals surface area contributed by atoms with Crippen molar-refractivity contribution in [3.05, 3.63) is 0 Å². The highest BCUT2D eigenvalue weighted by Crippen LogP contribution is 2.17. The fourth-order valence-electron chi connectivity index (χ4n) is 1.73. The Hall–Kier alpha value is -1.24. The molecule has 1 rings (SSSR count). The number of rotatable bonds is 6. The molecule has 0 aromatic carbocycles. The maximum absolute atomic E-state index is 11.9. The first-order chi connectivity index (χ1) is 9.16. The Morgan fingerprint density at radius 1 is 1.40 bits per heavy atom. The second-order valence-corrected chi connectivity index (χ2v) is 6.77. The van der Waals surface area contributed by atoms with Gasteiger partial charge in [-0.25, -0.2) is 4.79 Å². The third kappa shape index (κ3) is 3.88. The van der Waals surface area contributed by atoms with Crippen molar-refractivity contribution in [1.29, 1.82) is 0 Å². The molecule has 0 atom stereocenters. The molecule has 6 nitrogen and oxygen atoms in total. The lowest BCUT2D eigenvalue weighted by Crippen LogP contribution is -2.40. The number of carbonyl (C=O) groups is 3. The van der Waals surface area contributed by atoms with E-state index in [0.717, 1.165) is 0 Å². The molecule has 1 heterocycles. The molecule has 1 saturated heterocycles. The Morgan fingerprint density at radius 2 is 2.00 bits per heavy atom. The van der Waals surface area contributed by atoms with Gasteiger partial charge in [0.15, 0.2) is 0 Å². The quantitative estimate of drug-likeness (QED) is 0.585. The minimum absolute atomic E-state index is 0.0579. The molecule has 0 unspecified atom stereocenters. The zero-order valence-electron chi connectivity index (χ0n) is 12.7. The number of nitrogens with zero attached hydrogens (tertiary/aromatic N) is 2. The van der Waals surface area contributed by atoms with Crippen LogP contribution < -0.4 is 5.32 Å². The van der Waals surface area contributed by atoms with E-state index < -0.39 is 5.54 Å². The first kappa shape index (κ1) is 16.8. The number of imide groups is 1. The Morgan fingerprint density at radius 3 is 2.45 bits per heavy atom. The average molecular weight is 301 g/mol. The zero-order valence-corrected chi connectivity index (χ0v) is 13.5. The lowest BCUT2D eigenvalue weighted by atomic mass is 10.1. The molecule has 20 heavy (non-hydrogen) atoms. The highest BCUT2D eigenvalue weighted by Gasteiger charge is 2.43. The number of hydrogen-bond acceptors (Lipinski definition) is 4. The van der Waals surface area contributed by atoms with Crippen LogP contribution in [0.2, 0.25) is 0 Å². The molecule has 114 valence electrons. The molecule has 0 spiro atoms. The Balaban J connectivity index is 2.34. The van der Waals surface area contributed by atoms with Crippen molar-refractivity contribution in [2.24, 2.45) is 0 Å². The summed E-state index contributed by atoms with van der Waals surface area (Å²) in [5, 5.41) is 2.63. The molecular formula is C13H23N3O3S. The van der Waals surface area contributed by atoms with E-state index in [1.165, 1.54) is 16.7 Å². The van der Waals surface area contributed by atoms with Crippen LogP contribution in [-0.4, -0.2) is 64.3 Å². The Bertz CT molecular complexity index is 410. The monoisotopic (exact) mass is 301 g/mol. The second-order valence-electron chi connectivity index (χ2n) is 5.66. The first-order valence-electron chi connectivity index (χ1n) is 6.64. The van der Waals surface area contributed by atoms with Crippen molar-refractivity contribution in [3.8, 4) is 0 Å². The highest BCUT2D eigenvalue weighted by atomic mass is 32.2. The van der Waals surface area contributed by atoms with Gasteiger partial charge in [0.2, 0.25) is 5.91 Å². The van der Waals surface area contributed by atoms with E-state index in [0.29, 0.717) is 18.1 Å². The molecule has 0 aromatic rings. The van der Waals surface area contributed by atoms with Crippen molar-refractivity contribution in [3.63, 3.8) is 0 Å². The number of carbonyl (C=O) groups excluding carboxylic acids is 3. The molecule has 0 aliphatic carbocycles. The highest BCUT2D eigenvalue weighted by molar-refractivity contribution is 7.99. The number of hydrogen-bond donors (Lipinski definition) is 1. The van der Waals surface area contributed by atoms with Crippen LogP contribution in [0.1, 0.15) is 27.7 Å². The minimum Gasteiger partial charge on any atom is -0.343 e. The van der Waals surface area contributed by atoms with Crippen molar-refractivity contribution in [2.75, 3.05) is 25.1 Å². The van der Waals surface area contributed by atoms with E-state index in [1.54, 1.807) is 25.8 Å². The molecule has 0 bridgehead atoms. The van der Waals surface area contributed by atoms with E-state index in [-0.39, 0.29) is 23.9 Å². The van der Waals surface area contributed by atoms with Gasteiger partial charge >= 0.3 is 6.03 Å². The van der Waals surface area contributed by atoms with Crippen LogP contribution in [0, 0.1) is 0 Å². The van der Waals surface area contributed by atoms with Gasteiger partial charge in [-0.1, -0.05) is 0 Å². The summed E-state index contributed by atoms with van der Waals surface area (Å²) in [7, 11) is 1.77. The fourth-order valence-corrected chi connectivity index (χ4v) is 2.56. The van der Waals surface area contributed by atoms with E-state index >= 15 is 0 Å². The zero-order chi connectivity index (χ0) is 15.5. The minimum atomic E-state index is -0.824. The van der Waals surface area contributed by atoms with Gasteiger partial charge < -0.3 is 10.2 Å². The van der Waals surface area contributed by atoms with Gasteiger partial charge in [0.25, 0.3) is 5.91 Å². The first-order valence-corrected chi connectivity index (χ1v) is 7.80. The van der Waals surface area contributed by atoms with Gasteiger partial charge in [0.1, 0.15) is 5.54 Å². The number of amides is 4. The third-order valence-corrected chi connectivity index (χ3v) is 4.22. The van der Waals surface area contributed by atoms with E-state index in [9.17, 15) is 14.4 Å². The maximum Gasteiger partial charge on any atom is 0.325 e. The van der Waals surface area contributed by atoms with Crippen molar-refractivity contribution >= 4 is 29.6 Å². The van der Waals surface area contributed by atoms with Crippen molar-refractivity contribution in [1.82, 2.24) is 15.1 Å². The number of urea groups is 1. The van der Waals surface area contributed by atoms with Gasteiger partial charge in [-0.2, -0.15) is 11.8 Å². The number of nitrogens with one attached hydrogen (secondary N) is 1. The lowest BCUT2D eigenvalue weighted by Gasteiger charge is -2.21. The largest absolute Gasteiger partial charge is 0.343 e. The second kappa shape index (κ2) is 6.47. The molecule has 0 aromatic heterocycles. The van der Waals surface area contributed by atoms with Crippen LogP contribution in [0.25, 0.3) is 0 Å².